The normalized spacial score (nSPS) is 43.6. The summed E-state index contributed by atoms with van der Waals surface area (Å²) in [7, 11) is 0. The highest BCUT2D eigenvalue weighted by Gasteiger charge is 2.75. The largest absolute Gasteiger partial charge is 0.454 e. The quantitative estimate of drug-likeness (QED) is 0.767. The zero-order chi connectivity index (χ0) is 14.9. The second-order valence-electron chi connectivity index (χ2n) is 6.70. The average molecular weight is 302 g/mol. The van der Waals surface area contributed by atoms with Crippen LogP contribution < -0.4 is 0 Å². The molecule has 4 saturated carbocycles. The maximum absolute atomic E-state index is 14.1. The lowest BCUT2D eigenvalue weighted by Gasteiger charge is -2.56. The smallest absolute Gasteiger partial charge is 0.350 e. The molecular formula is C13H16F6O. The Kier molecular flexibility index (Phi) is 2.93. The first kappa shape index (κ1) is 14.5. The van der Waals surface area contributed by atoms with Crippen LogP contribution in [0.3, 0.4) is 0 Å². The van der Waals surface area contributed by atoms with Crippen molar-refractivity contribution in [2.24, 2.45) is 29.6 Å². The highest BCUT2D eigenvalue weighted by Crippen LogP contribution is 2.63. The Bertz CT molecular complexity index is 374. The molecular weight excluding hydrogens is 286 g/mol. The van der Waals surface area contributed by atoms with Crippen molar-refractivity contribution in [3.63, 3.8) is 0 Å². The fourth-order valence-electron chi connectivity index (χ4n) is 4.93. The van der Waals surface area contributed by atoms with Crippen LogP contribution in [0.15, 0.2) is 0 Å². The van der Waals surface area contributed by atoms with Crippen LogP contribution in [-0.2, 0) is 0 Å². The minimum absolute atomic E-state index is 0.281. The van der Waals surface area contributed by atoms with E-state index >= 15 is 0 Å². The van der Waals surface area contributed by atoms with Crippen LogP contribution >= 0.6 is 0 Å². The summed E-state index contributed by atoms with van der Waals surface area (Å²) in [6.45, 7) is 0. The molecule has 0 aromatic carbocycles. The number of hydrogen-bond acceptors (Lipinski definition) is 1. The van der Waals surface area contributed by atoms with Gasteiger partial charge in [-0.3, -0.25) is 0 Å². The molecule has 0 spiro atoms. The monoisotopic (exact) mass is 302 g/mol. The van der Waals surface area contributed by atoms with Crippen molar-refractivity contribution < 1.29 is 31.4 Å². The Morgan fingerprint density at radius 1 is 0.700 bits per heavy atom. The van der Waals surface area contributed by atoms with Gasteiger partial charge in [-0.2, -0.15) is 26.3 Å². The van der Waals surface area contributed by atoms with Crippen molar-refractivity contribution >= 4 is 0 Å². The highest BCUT2D eigenvalue weighted by molar-refractivity contribution is 5.07. The van der Waals surface area contributed by atoms with Crippen LogP contribution in [0.25, 0.3) is 0 Å². The van der Waals surface area contributed by atoms with Gasteiger partial charge in [0.15, 0.2) is 0 Å². The van der Waals surface area contributed by atoms with Crippen molar-refractivity contribution in [2.45, 2.75) is 50.1 Å². The summed E-state index contributed by atoms with van der Waals surface area (Å²) in [5.41, 5.74) is 0. The molecule has 0 aliphatic heterocycles. The lowest BCUT2D eigenvalue weighted by atomic mass is 9.50. The van der Waals surface area contributed by atoms with E-state index in [1.807, 2.05) is 0 Å². The van der Waals surface area contributed by atoms with Gasteiger partial charge in [-0.25, -0.2) is 0 Å². The van der Waals surface area contributed by atoms with Crippen LogP contribution in [0, 0.1) is 29.6 Å². The van der Waals surface area contributed by atoms with Crippen LogP contribution in [-0.4, -0.2) is 23.1 Å². The molecule has 20 heavy (non-hydrogen) atoms. The fourth-order valence-corrected chi connectivity index (χ4v) is 4.93. The van der Waals surface area contributed by atoms with E-state index in [1.54, 1.807) is 0 Å². The lowest BCUT2D eigenvalue weighted by molar-refractivity contribution is -0.406. The van der Waals surface area contributed by atoms with Gasteiger partial charge in [-0.15, -0.1) is 0 Å². The van der Waals surface area contributed by atoms with Gasteiger partial charge in [-0.05, 0) is 55.8 Å². The van der Waals surface area contributed by atoms with E-state index in [0.29, 0.717) is 25.7 Å². The summed E-state index contributed by atoms with van der Waals surface area (Å²) in [5, 5.41) is 8.82. The van der Waals surface area contributed by atoms with Crippen LogP contribution in [0.5, 0.6) is 0 Å². The summed E-state index contributed by atoms with van der Waals surface area (Å²) in [6, 6.07) is 0. The number of hydrogen-bond donors (Lipinski definition) is 1. The standard InChI is InChI=1S/C13H16F6O/c14-11(15,12(16,20)13(17,18)19)10-8-2-6-1-7(4-8)5-9(10)3-6/h6-10,20H,1-5H2. The van der Waals surface area contributed by atoms with Crippen LogP contribution in [0.4, 0.5) is 26.3 Å². The van der Waals surface area contributed by atoms with Crippen LogP contribution in [0.1, 0.15) is 32.1 Å². The molecule has 4 fully saturated rings. The number of halogens is 6. The van der Waals surface area contributed by atoms with Gasteiger partial charge in [0.1, 0.15) is 0 Å². The predicted octanol–water partition coefficient (Wildman–Crippen LogP) is 3.91. The van der Waals surface area contributed by atoms with E-state index < -0.39 is 35.7 Å². The van der Waals surface area contributed by atoms with Crippen molar-refractivity contribution in [2.75, 3.05) is 0 Å². The fraction of sp³-hybridized carbons (Fsp3) is 1.00. The Morgan fingerprint density at radius 2 is 1.10 bits per heavy atom. The van der Waals surface area contributed by atoms with E-state index in [9.17, 15) is 26.3 Å². The molecule has 1 N–H and O–H groups in total. The zero-order valence-corrected chi connectivity index (χ0v) is 10.6. The van der Waals surface area contributed by atoms with Crippen molar-refractivity contribution in [1.29, 1.82) is 0 Å². The third kappa shape index (κ3) is 1.81. The molecule has 0 heterocycles. The molecule has 4 aliphatic carbocycles. The molecule has 1 atom stereocenters. The molecule has 0 aromatic rings. The van der Waals surface area contributed by atoms with Crippen molar-refractivity contribution in [3.05, 3.63) is 0 Å². The van der Waals surface area contributed by atoms with E-state index in [-0.39, 0.29) is 11.8 Å². The Balaban J connectivity index is 1.92. The Hall–Kier alpha value is -0.460. The van der Waals surface area contributed by atoms with E-state index in [1.165, 1.54) is 0 Å². The third-order valence-corrected chi connectivity index (χ3v) is 5.46. The highest BCUT2D eigenvalue weighted by atomic mass is 19.4. The molecule has 4 bridgehead atoms. The molecule has 4 aliphatic rings. The summed E-state index contributed by atoms with van der Waals surface area (Å²) < 4.78 is 79.0. The zero-order valence-electron chi connectivity index (χ0n) is 10.6. The van der Waals surface area contributed by atoms with Gasteiger partial charge in [0.25, 0.3) is 0 Å². The summed E-state index contributed by atoms with van der Waals surface area (Å²) >= 11 is 0. The average Bonchev–Trinajstić information content (AvgIpc) is 2.24. The third-order valence-electron chi connectivity index (χ3n) is 5.46. The van der Waals surface area contributed by atoms with Gasteiger partial charge >= 0.3 is 18.0 Å². The molecule has 7 heteroatoms. The molecule has 0 saturated heterocycles. The SMILES string of the molecule is OC(F)(C(F)(F)F)C(F)(F)C1C2CC3CC(C2)CC1C3. The molecule has 0 amide bonds. The van der Waals surface area contributed by atoms with E-state index in [2.05, 4.69) is 0 Å². The van der Waals surface area contributed by atoms with E-state index in [4.69, 9.17) is 5.11 Å². The maximum atomic E-state index is 14.1. The van der Waals surface area contributed by atoms with Gasteiger partial charge < -0.3 is 5.11 Å². The Morgan fingerprint density at radius 3 is 1.45 bits per heavy atom. The van der Waals surface area contributed by atoms with Crippen molar-refractivity contribution in [1.82, 2.24) is 0 Å². The summed E-state index contributed by atoms with van der Waals surface area (Å²) in [5.74, 6) is -12.6. The van der Waals surface area contributed by atoms with E-state index in [0.717, 1.165) is 6.42 Å². The predicted molar refractivity (Wildman–Crippen MR) is 57.6 cm³/mol. The minimum Gasteiger partial charge on any atom is -0.350 e. The first-order valence-electron chi connectivity index (χ1n) is 6.90. The molecule has 4 rings (SSSR count). The number of aliphatic hydroxyl groups is 1. The van der Waals surface area contributed by atoms with Gasteiger partial charge in [0, 0.05) is 5.92 Å². The first-order valence-corrected chi connectivity index (χ1v) is 6.90. The first-order chi connectivity index (χ1) is 9.04. The Labute approximate surface area is 112 Å². The second-order valence-corrected chi connectivity index (χ2v) is 6.70. The molecule has 0 radical (unpaired) electrons. The molecule has 1 unspecified atom stereocenters. The number of alkyl halides is 6. The summed E-state index contributed by atoms with van der Waals surface area (Å²) in [4.78, 5) is 0. The number of rotatable bonds is 2. The molecule has 1 nitrogen and oxygen atoms in total. The molecule has 116 valence electrons. The van der Waals surface area contributed by atoms with Gasteiger partial charge in [-0.1, -0.05) is 0 Å². The lowest BCUT2D eigenvalue weighted by Crippen LogP contribution is -2.64. The van der Waals surface area contributed by atoms with Crippen LogP contribution in [0.2, 0.25) is 0 Å². The minimum atomic E-state index is -5.98. The maximum Gasteiger partial charge on any atom is 0.454 e. The summed E-state index contributed by atoms with van der Waals surface area (Å²) in [6.07, 6.45) is -3.31. The second kappa shape index (κ2) is 4.05. The molecule has 0 aromatic heterocycles. The van der Waals surface area contributed by atoms with Gasteiger partial charge in [0.2, 0.25) is 0 Å². The van der Waals surface area contributed by atoms with Gasteiger partial charge in [0.05, 0.1) is 0 Å². The topological polar surface area (TPSA) is 20.2 Å². The van der Waals surface area contributed by atoms with Crippen molar-refractivity contribution in [3.8, 4) is 0 Å².